The highest BCUT2D eigenvalue weighted by Crippen LogP contribution is 2.14. The van der Waals surface area contributed by atoms with E-state index >= 15 is 0 Å². The predicted molar refractivity (Wildman–Crippen MR) is 59.4 cm³/mol. The standard InChI is InChI=1S/C10H11F2N3O3/c11-10(12,5-13)6-14-9(16)7-2-1-3-8(4-7)15(17)18/h1-4H,5-6,13H2,(H,14,16). The van der Waals surface area contributed by atoms with Gasteiger partial charge >= 0.3 is 0 Å². The summed E-state index contributed by atoms with van der Waals surface area (Å²) in [5.41, 5.74) is 4.46. The first-order valence-electron chi connectivity index (χ1n) is 4.96. The maximum Gasteiger partial charge on any atom is 0.277 e. The van der Waals surface area contributed by atoms with E-state index in [0.29, 0.717) is 0 Å². The average molecular weight is 259 g/mol. The molecule has 8 heteroatoms. The summed E-state index contributed by atoms with van der Waals surface area (Å²) in [5.74, 6) is -4.01. The molecule has 0 radical (unpaired) electrons. The normalized spacial score (nSPS) is 11.1. The second-order valence-corrected chi connectivity index (χ2v) is 3.55. The highest BCUT2D eigenvalue weighted by molar-refractivity contribution is 5.94. The number of rotatable bonds is 5. The van der Waals surface area contributed by atoms with Crippen LogP contribution in [0.4, 0.5) is 14.5 Å². The van der Waals surface area contributed by atoms with Crippen LogP contribution in [0, 0.1) is 10.1 Å². The molecule has 1 aromatic rings. The zero-order chi connectivity index (χ0) is 13.8. The molecule has 18 heavy (non-hydrogen) atoms. The molecule has 0 aliphatic carbocycles. The lowest BCUT2D eigenvalue weighted by Crippen LogP contribution is -2.41. The molecular weight excluding hydrogens is 248 g/mol. The minimum Gasteiger partial charge on any atom is -0.346 e. The van der Waals surface area contributed by atoms with Gasteiger partial charge in [0.15, 0.2) is 0 Å². The van der Waals surface area contributed by atoms with E-state index in [4.69, 9.17) is 5.73 Å². The molecule has 0 aliphatic heterocycles. The van der Waals surface area contributed by atoms with Crippen molar-refractivity contribution in [2.24, 2.45) is 5.73 Å². The van der Waals surface area contributed by atoms with Gasteiger partial charge in [-0.05, 0) is 6.07 Å². The van der Waals surface area contributed by atoms with E-state index in [2.05, 4.69) is 0 Å². The molecule has 0 spiro atoms. The smallest absolute Gasteiger partial charge is 0.277 e. The maximum atomic E-state index is 12.8. The van der Waals surface area contributed by atoms with Gasteiger partial charge in [0.25, 0.3) is 17.5 Å². The Kier molecular flexibility index (Phi) is 4.27. The predicted octanol–water partition coefficient (Wildman–Crippen LogP) is 0.919. The molecule has 1 aromatic carbocycles. The number of carbonyl (C=O) groups is 1. The van der Waals surface area contributed by atoms with Gasteiger partial charge in [-0.2, -0.15) is 0 Å². The minimum atomic E-state index is -3.20. The molecule has 0 fully saturated rings. The average Bonchev–Trinajstić information content (AvgIpc) is 2.36. The Labute approximate surface area is 101 Å². The molecule has 3 N–H and O–H groups in total. The number of halogens is 2. The summed E-state index contributed by atoms with van der Waals surface area (Å²) in [5, 5.41) is 12.4. The molecular formula is C10H11F2N3O3. The Morgan fingerprint density at radius 3 is 2.72 bits per heavy atom. The Morgan fingerprint density at radius 1 is 1.50 bits per heavy atom. The fourth-order valence-electron chi connectivity index (χ4n) is 1.14. The zero-order valence-electron chi connectivity index (χ0n) is 9.23. The Hall–Kier alpha value is -2.09. The van der Waals surface area contributed by atoms with Crippen LogP contribution in [-0.2, 0) is 0 Å². The lowest BCUT2D eigenvalue weighted by atomic mass is 10.2. The molecule has 0 aromatic heterocycles. The fraction of sp³-hybridized carbons (Fsp3) is 0.300. The Morgan fingerprint density at radius 2 is 2.17 bits per heavy atom. The van der Waals surface area contributed by atoms with E-state index in [1.807, 2.05) is 5.32 Å². The summed E-state index contributed by atoms with van der Waals surface area (Å²) < 4.78 is 25.6. The highest BCUT2D eigenvalue weighted by Gasteiger charge is 2.27. The van der Waals surface area contributed by atoms with Crippen LogP contribution in [0.15, 0.2) is 24.3 Å². The first kappa shape index (κ1) is 14.0. The number of hydrogen-bond acceptors (Lipinski definition) is 4. The SMILES string of the molecule is NCC(F)(F)CNC(=O)c1cccc([N+](=O)[O-])c1. The summed E-state index contributed by atoms with van der Waals surface area (Å²) in [4.78, 5) is 21.3. The van der Waals surface area contributed by atoms with Gasteiger partial charge in [-0.3, -0.25) is 14.9 Å². The molecule has 0 aliphatic rings. The molecule has 0 atom stereocenters. The highest BCUT2D eigenvalue weighted by atomic mass is 19.3. The first-order valence-corrected chi connectivity index (χ1v) is 4.96. The van der Waals surface area contributed by atoms with Gasteiger partial charge in [-0.25, -0.2) is 8.78 Å². The van der Waals surface area contributed by atoms with Gasteiger partial charge in [0, 0.05) is 17.7 Å². The van der Waals surface area contributed by atoms with E-state index in [1.54, 1.807) is 0 Å². The van der Waals surface area contributed by atoms with Crippen molar-refractivity contribution in [3.8, 4) is 0 Å². The third kappa shape index (κ3) is 3.74. The van der Waals surface area contributed by atoms with Crippen LogP contribution < -0.4 is 11.1 Å². The third-order valence-electron chi connectivity index (χ3n) is 2.13. The third-order valence-corrected chi connectivity index (χ3v) is 2.13. The van der Waals surface area contributed by atoms with Gasteiger partial charge in [-0.1, -0.05) is 6.07 Å². The number of nitrogens with zero attached hydrogens (tertiary/aromatic N) is 1. The summed E-state index contributed by atoms with van der Waals surface area (Å²) >= 11 is 0. The molecule has 0 unspecified atom stereocenters. The van der Waals surface area contributed by atoms with E-state index in [0.717, 1.165) is 6.07 Å². The quantitative estimate of drug-likeness (QED) is 0.606. The Balaban J connectivity index is 2.73. The van der Waals surface area contributed by atoms with Crippen molar-refractivity contribution in [1.82, 2.24) is 5.32 Å². The van der Waals surface area contributed by atoms with Gasteiger partial charge in [0.05, 0.1) is 18.0 Å². The van der Waals surface area contributed by atoms with Crippen LogP contribution in [0.5, 0.6) is 0 Å². The second kappa shape index (κ2) is 5.50. The molecule has 1 rings (SSSR count). The van der Waals surface area contributed by atoms with Crippen molar-refractivity contribution in [3.63, 3.8) is 0 Å². The van der Waals surface area contributed by atoms with E-state index < -0.39 is 29.8 Å². The van der Waals surface area contributed by atoms with E-state index in [1.165, 1.54) is 18.2 Å². The molecule has 6 nitrogen and oxygen atoms in total. The minimum absolute atomic E-state index is 0.0583. The summed E-state index contributed by atoms with van der Waals surface area (Å²) in [6, 6.07) is 4.80. The van der Waals surface area contributed by atoms with Crippen molar-refractivity contribution < 1.29 is 18.5 Å². The number of benzene rings is 1. The van der Waals surface area contributed by atoms with Crippen molar-refractivity contribution in [2.45, 2.75) is 5.92 Å². The number of nitrogens with two attached hydrogens (primary N) is 1. The first-order chi connectivity index (χ1) is 8.35. The maximum absolute atomic E-state index is 12.8. The number of nitrogens with one attached hydrogen (secondary N) is 1. The van der Waals surface area contributed by atoms with Crippen LogP contribution in [0.1, 0.15) is 10.4 Å². The van der Waals surface area contributed by atoms with Crippen molar-refractivity contribution in [1.29, 1.82) is 0 Å². The van der Waals surface area contributed by atoms with Crippen LogP contribution >= 0.6 is 0 Å². The second-order valence-electron chi connectivity index (χ2n) is 3.55. The molecule has 0 bridgehead atoms. The van der Waals surface area contributed by atoms with Crippen LogP contribution in [-0.4, -0.2) is 29.8 Å². The monoisotopic (exact) mass is 259 g/mol. The Bertz CT molecular complexity index is 465. The summed E-state index contributed by atoms with van der Waals surface area (Å²) in [6.07, 6.45) is 0. The number of carbonyl (C=O) groups excluding carboxylic acids is 1. The van der Waals surface area contributed by atoms with E-state index in [-0.39, 0.29) is 11.3 Å². The number of non-ortho nitro benzene ring substituents is 1. The van der Waals surface area contributed by atoms with Crippen molar-refractivity contribution in [3.05, 3.63) is 39.9 Å². The van der Waals surface area contributed by atoms with Crippen molar-refractivity contribution in [2.75, 3.05) is 13.1 Å². The number of amides is 1. The lowest BCUT2D eigenvalue weighted by molar-refractivity contribution is -0.384. The van der Waals surface area contributed by atoms with Gasteiger partial charge in [0.1, 0.15) is 0 Å². The number of alkyl halides is 2. The summed E-state index contributed by atoms with van der Waals surface area (Å²) in [7, 11) is 0. The van der Waals surface area contributed by atoms with Gasteiger partial charge in [-0.15, -0.1) is 0 Å². The number of hydrogen-bond donors (Lipinski definition) is 2. The van der Waals surface area contributed by atoms with Crippen LogP contribution in [0.2, 0.25) is 0 Å². The largest absolute Gasteiger partial charge is 0.346 e. The van der Waals surface area contributed by atoms with Crippen LogP contribution in [0.3, 0.4) is 0 Å². The van der Waals surface area contributed by atoms with E-state index in [9.17, 15) is 23.7 Å². The molecule has 0 saturated heterocycles. The van der Waals surface area contributed by atoms with Crippen molar-refractivity contribution >= 4 is 11.6 Å². The van der Waals surface area contributed by atoms with Crippen LogP contribution in [0.25, 0.3) is 0 Å². The van der Waals surface area contributed by atoms with Gasteiger partial charge in [0.2, 0.25) is 0 Å². The topological polar surface area (TPSA) is 98.3 Å². The molecule has 0 heterocycles. The fourth-order valence-corrected chi connectivity index (χ4v) is 1.14. The number of nitro benzene ring substituents is 1. The van der Waals surface area contributed by atoms with Gasteiger partial charge < -0.3 is 11.1 Å². The molecule has 98 valence electrons. The summed E-state index contributed by atoms with van der Waals surface area (Å²) in [6.45, 7) is -1.80. The molecule has 1 amide bonds. The lowest BCUT2D eigenvalue weighted by Gasteiger charge is -2.14. The number of nitro groups is 1. The molecule has 0 saturated carbocycles. The zero-order valence-corrected chi connectivity index (χ0v) is 9.23.